The summed E-state index contributed by atoms with van der Waals surface area (Å²) in [5.41, 5.74) is 1.33. The number of alkyl carbamates (subject to hydrolysis) is 1. The van der Waals surface area contributed by atoms with E-state index < -0.39 is 23.8 Å². The molecule has 1 aliphatic heterocycles. The average Bonchev–Trinajstić information content (AvgIpc) is 3.39. The van der Waals surface area contributed by atoms with Crippen LogP contribution in [0.4, 0.5) is 4.79 Å². The van der Waals surface area contributed by atoms with Crippen molar-refractivity contribution in [3.63, 3.8) is 0 Å². The molecule has 3 atom stereocenters. The standard InChI is InChI=1S/C20H23NO4/c1-20(14-25-20)18(22)17(12-15-8-4-2-5-9-15)21-19(23)24-13-16-10-6-3-7-11-16/h2-11,17-18,22H,12-14H2,1H3,(H,21,23)/t17-,18-,20?/m0/s1. The molecule has 1 saturated heterocycles. The third-order valence-corrected chi connectivity index (χ3v) is 4.42. The maximum absolute atomic E-state index is 12.2. The van der Waals surface area contributed by atoms with E-state index in [4.69, 9.17) is 9.47 Å². The van der Waals surface area contributed by atoms with Crippen LogP contribution in [0.25, 0.3) is 0 Å². The Morgan fingerprint density at radius 3 is 2.28 bits per heavy atom. The Kier molecular flexibility index (Phi) is 5.36. The van der Waals surface area contributed by atoms with Crippen molar-refractivity contribution in [2.24, 2.45) is 0 Å². The van der Waals surface area contributed by atoms with Crippen LogP contribution in [0.15, 0.2) is 60.7 Å². The van der Waals surface area contributed by atoms with Crippen LogP contribution < -0.4 is 5.32 Å². The molecule has 25 heavy (non-hydrogen) atoms. The second-order valence-corrected chi connectivity index (χ2v) is 6.55. The first-order valence-electron chi connectivity index (χ1n) is 8.40. The average molecular weight is 341 g/mol. The quantitative estimate of drug-likeness (QED) is 0.760. The maximum Gasteiger partial charge on any atom is 0.407 e. The highest BCUT2D eigenvalue weighted by Gasteiger charge is 2.50. The summed E-state index contributed by atoms with van der Waals surface area (Å²) in [5, 5.41) is 13.4. The first kappa shape index (κ1) is 17.5. The van der Waals surface area contributed by atoms with Gasteiger partial charge in [0, 0.05) is 0 Å². The van der Waals surface area contributed by atoms with E-state index in [1.165, 1.54) is 0 Å². The van der Waals surface area contributed by atoms with E-state index in [0.29, 0.717) is 13.0 Å². The smallest absolute Gasteiger partial charge is 0.407 e. The SMILES string of the molecule is CC1([C@@H](O)[C@H](Cc2ccccc2)NC(=O)OCc2ccccc2)CO1. The van der Waals surface area contributed by atoms with Gasteiger partial charge in [0.05, 0.1) is 12.6 Å². The normalized spacial score (nSPS) is 21.2. The van der Waals surface area contributed by atoms with Crippen molar-refractivity contribution >= 4 is 6.09 Å². The Morgan fingerprint density at radius 2 is 1.72 bits per heavy atom. The predicted octanol–water partition coefficient (Wildman–Crippen LogP) is 2.67. The molecule has 2 aromatic carbocycles. The number of benzene rings is 2. The molecule has 0 saturated carbocycles. The van der Waals surface area contributed by atoms with Crippen LogP contribution in [0.5, 0.6) is 0 Å². The van der Waals surface area contributed by atoms with Gasteiger partial charge >= 0.3 is 6.09 Å². The van der Waals surface area contributed by atoms with Crippen LogP contribution >= 0.6 is 0 Å². The Balaban J connectivity index is 1.61. The molecular formula is C20H23NO4. The molecule has 1 heterocycles. The number of epoxide rings is 1. The van der Waals surface area contributed by atoms with E-state index in [1.807, 2.05) is 67.6 Å². The van der Waals surface area contributed by atoms with Gasteiger partial charge in [-0.1, -0.05) is 60.7 Å². The van der Waals surface area contributed by atoms with Gasteiger partial charge in [0.1, 0.15) is 18.3 Å². The molecule has 0 bridgehead atoms. The highest BCUT2D eigenvalue weighted by molar-refractivity contribution is 5.67. The fourth-order valence-electron chi connectivity index (χ4n) is 2.74. The molecule has 5 nitrogen and oxygen atoms in total. The third kappa shape index (κ3) is 4.81. The molecule has 2 aromatic rings. The van der Waals surface area contributed by atoms with E-state index in [2.05, 4.69) is 5.32 Å². The number of aliphatic hydroxyl groups is 1. The fraction of sp³-hybridized carbons (Fsp3) is 0.350. The lowest BCUT2D eigenvalue weighted by Crippen LogP contribution is -2.50. The molecule has 0 aliphatic carbocycles. The van der Waals surface area contributed by atoms with E-state index in [-0.39, 0.29) is 6.61 Å². The molecule has 1 aliphatic rings. The number of carbonyl (C=O) groups is 1. The number of hydrogen-bond acceptors (Lipinski definition) is 4. The van der Waals surface area contributed by atoms with Crippen LogP contribution in [0, 0.1) is 0 Å². The Labute approximate surface area is 147 Å². The van der Waals surface area contributed by atoms with Gasteiger partial charge in [-0.2, -0.15) is 0 Å². The minimum atomic E-state index is -0.808. The summed E-state index contributed by atoms with van der Waals surface area (Å²) in [6, 6.07) is 18.7. The number of aliphatic hydroxyl groups excluding tert-OH is 1. The zero-order chi connectivity index (χ0) is 17.7. The Bertz CT molecular complexity index is 685. The summed E-state index contributed by atoms with van der Waals surface area (Å²) >= 11 is 0. The molecule has 3 rings (SSSR count). The van der Waals surface area contributed by atoms with E-state index >= 15 is 0 Å². The van der Waals surface area contributed by atoms with Crippen molar-refractivity contribution in [1.29, 1.82) is 0 Å². The molecule has 5 heteroatoms. The van der Waals surface area contributed by atoms with Crippen molar-refractivity contribution in [3.8, 4) is 0 Å². The lowest BCUT2D eigenvalue weighted by molar-refractivity contribution is 0.0469. The van der Waals surface area contributed by atoms with Crippen LogP contribution in [-0.4, -0.2) is 35.6 Å². The van der Waals surface area contributed by atoms with Gasteiger partial charge in [-0.25, -0.2) is 4.79 Å². The zero-order valence-electron chi connectivity index (χ0n) is 14.2. The van der Waals surface area contributed by atoms with Gasteiger partial charge in [0.15, 0.2) is 0 Å². The van der Waals surface area contributed by atoms with Crippen LogP contribution in [-0.2, 0) is 22.5 Å². The number of rotatable bonds is 7. The van der Waals surface area contributed by atoms with Gasteiger partial charge in [-0.3, -0.25) is 0 Å². The number of nitrogens with one attached hydrogen (secondary N) is 1. The van der Waals surface area contributed by atoms with Crippen molar-refractivity contribution in [2.75, 3.05) is 6.61 Å². The van der Waals surface area contributed by atoms with Crippen molar-refractivity contribution in [1.82, 2.24) is 5.32 Å². The van der Waals surface area contributed by atoms with Gasteiger partial charge in [0.25, 0.3) is 0 Å². The second-order valence-electron chi connectivity index (χ2n) is 6.55. The monoisotopic (exact) mass is 341 g/mol. The summed E-state index contributed by atoms with van der Waals surface area (Å²) in [4.78, 5) is 12.2. The van der Waals surface area contributed by atoms with Crippen molar-refractivity contribution in [2.45, 2.75) is 37.7 Å². The molecule has 0 radical (unpaired) electrons. The van der Waals surface area contributed by atoms with Crippen molar-refractivity contribution in [3.05, 3.63) is 71.8 Å². The first-order valence-corrected chi connectivity index (χ1v) is 8.40. The van der Waals surface area contributed by atoms with Gasteiger partial charge in [-0.05, 0) is 24.5 Å². The topological polar surface area (TPSA) is 71.1 Å². The second kappa shape index (κ2) is 7.68. The highest BCUT2D eigenvalue weighted by Crippen LogP contribution is 2.32. The lowest BCUT2D eigenvalue weighted by Gasteiger charge is -2.26. The zero-order valence-corrected chi connectivity index (χ0v) is 14.2. The first-order chi connectivity index (χ1) is 12.1. The number of ether oxygens (including phenoxy) is 2. The minimum absolute atomic E-state index is 0.189. The number of carbonyl (C=O) groups excluding carboxylic acids is 1. The molecule has 2 N–H and O–H groups in total. The van der Waals surface area contributed by atoms with E-state index in [9.17, 15) is 9.90 Å². The van der Waals surface area contributed by atoms with Crippen LogP contribution in [0.1, 0.15) is 18.1 Å². The van der Waals surface area contributed by atoms with Gasteiger partial charge in [-0.15, -0.1) is 0 Å². The molecule has 132 valence electrons. The molecular weight excluding hydrogens is 318 g/mol. The summed E-state index contributed by atoms with van der Waals surface area (Å²) < 4.78 is 10.6. The Hall–Kier alpha value is -2.37. The van der Waals surface area contributed by atoms with Gasteiger partial charge in [0.2, 0.25) is 0 Å². The predicted molar refractivity (Wildman–Crippen MR) is 94.1 cm³/mol. The van der Waals surface area contributed by atoms with Crippen LogP contribution in [0.2, 0.25) is 0 Å². The van der Waals surface area contributed by atoms with Crippen LogP contribution in [0.3, 0.4) is 0 Å². The molecule has 0 spiro atoms. The van der Waals surface area contributed by atoms with E-state index in [0.717, 1.165) is 11.1 Å². The summed E-state index contributed by atoms with van der Waals surface area (Å²) in [5.74, 6) is 0. The minimum Gasteiger partial charge on any atom is -0.445 e. The van der Waals surface area contributed by atoms with Gasteiger partial charge < -0.3 is 19.9 Å². The van der Waals surface area contributed by atoms with E-state index in [1.54, 1.807) is 0 Å². The fourth-order valence-corrected chi connectivity index (χ4v) is 2.74. The molecule has 1 fully saturated rings. The molecule has 0 aromatic heterocycles. The summed E-state index contributed by atoms with van der Waals surface area (Å²) in [6.45, 7) is 2.52. The number of hydrogen-bond donors (Lipinski definition) is 2. The lowest BCUT2D eigenvalue weighted by atomic mass is 9.93. The Morgan fingerprint density at radius 1 is 1.16 bits per heavy atom. The largest absolute Gasteiger partial charge is 0.445 e. The molecule has 1 unspecified atom stereocenters. The number of amides is 1. The maximum atomic E-state index is 12.2. The molecule has 1 amide bonds. The third-order valence-electron chi connectivity index (χ3n) is 4.42. The van der Waals surface area contributed by atoms with Crippen molar-refractivity contribution < 1.29 is 19.4 Å². The summed E-state index contributed by atoms with van der Waals surface area (Å²) in [7, 11) is 0. The summed E-state index contributed by atoms with van der Waals surface area (Å²) in [6.07, 6.45) is -0.855. The highest BCUT2D eigenvalue weighted by atomic mass is 16.6.